The van der Waals surface area contributed by atoms with Crippen LogP contribution < -0.4 is 5.32 Å². The van der Waals surface area contributed by atoms with Crippen LogP contribution in [0.25, 0.3) is 0 Å². The minimum atomic E-state index is -0.622. The number of carbonyl (C=O) groups is 1. The monoisotopic (exact) mass is 280 g/mol. The van der Waals surface area contributed by atoms with Crippen LogP contribution >= 0.6 is 0 Å². The molecular formula is C14H20N2O4. The third-order valence-corrected chi connectivity index (χ3v) is 3.31. The number of carbonyl (C=O) groups excluding carboxylic acids is 1. The van der Waals surface area contributed by atoms with Gasteiger partial charge in [-0.1, -0.05) is 20.3 Å². The summed E-state index contributed by atoms with van der Waals surface area (Å²) >= 11 is 0. The first-order valence-corrected chi connectivity index (χ1v) is 6.57. The smallest absolute Gasteiger partial charge is 0.270 e. The second-order valence-corrected chi connectivity index (χ2v) is 4.98. The summed E-state index contributed by atoms with van der Waals surface area (Å²) in [5.74, 6) is -0.332. The van der Waals surface area contributed by atoms with Crippen molar-refractivity contribution in [1.82, 2.24) is 5.32 Å². The lowest BCUT2D eigenvalue weighted by molar-refractivity contribution is -0.384. The van der Waals surface area contributed by atoms with Gasteiger partial charge in [0, 0.05) is 24.2 Å². The van der Waals surface area contributed by atoms with Crippen LogP contribution in [-0.2, 0) is 0 Å². The van der Waals surface area contributed by atoms with Crippen molar-refractivity contribution in [2.75, 3.05) is 6.54 Å². The third kappa shape index (κ3) is 4.31. The molecule has 6 nitrogen and oxygen atoms in total. The lowest BCUT2D eigenvalue weighted by atomic mass is 10.0. The Morgan fingerprint density at radius 2 is 2.10 bits per heavy atom. The van der Waals surface area contributed by atoms with E-state index < -0.39 is 16.9 Å². The van der Waals surface area contributed by atoms with Crippen molar-refractivity contribution in [2.24, 2.45) is 5.92 Å². The van der Waals surface area contributed by atoms with E-state index in [0.717, 1.165) is 6.42 Å². The molecule has 110 valence electrons. The molecule has 2 atom stereocenters. The topological polar surface area (TPSA) is 92.5 Å². The van der Waals surface area contributed by atoms with Crippen LogP contribution in [-0.4, -0.2) is 28.6 Å². The molecule has 6 heteroatoms. The summed E-state index contributed by atoms with van der Waals surface area (Å²) in [5, 5.41) is 23.1. The molecule has 2 unspecified atom stereocenters. The first-order chi connectivity index (χ1) is 9.35. The van der Waals surface area contributed by atoms with E-state index in [0.29, 0.717) is 5.56 Å². The Kier molecular flexibility index (Phi) is 5.64. The number of non-ortho nitro benzene ring substituents is 1. The second-order valence-electron chi connectivity index (χ2n) is 4.98. The predicted molar refractivity (Wildman–Crippen MR) is 75.6 cm³/mol. The number of nitrogens with one attached hydrogen (secondary N) is 1. The maximum absolute atomic E-state index is 11.9. The number of hydrogen-bond acceptors (Lipinski definition) is 4. The van der Waals surface area contributed by atoms with Gasteiger partial charge in [0.15, 0.2) is 0 Å². The number of benzene rings is 1. The molecule has 0 fully saturated rings. The summed E-state index contributed by atoms with van der Waals surface area (Å²) in [4.78, 5) is 22.2. The molecular weight excluding hydrogens is 260 g/mol. The minimum Gasteiger partial charge on any atom is -0.391 e. The molecule has 1 rings (SSSR count). The Bertz CT molecular complexity index is 502. The van der Waals surface area contributed by atoms with E-state index in [1.165, 1.54) is 12.1 Å². The van der Waals surface area contributed by atoms with Crippen molar-refractivity contribution in [1.29, 1.82) is 0 Å². The van der Waals surface area contributed by atoms with E-state index in [-0.39, 0.29) is 23.7 Å². The lowest BCUT2D eigenvalue weighted by Gasteiger charge is -2.17. The lowest BCUT2D eigenvalue weighted by Crippen LogP contribution is -2.35. The number of nitrogens with zero attached hydrogens (tertiary/aromatic N) is 1. The van der Waals surface area contributed by atoms with E-state index in [2.05, 4.69) is 5.32 Å². The van der Waals surface area contributed by atoms with Crippen molar-refractivity contribution in [2.45, 2.75) is 33.3 Å². The molecule has 0 bridgehead atoms. The van der Waals surface area contributed by atoms with Gasteiger partial charge < -0.3 is 10.4 Å². The van der Waals surface area contributed by atoms with Gasteiger partial charge in [0.25, 0.3) is 11.6 Å². The number of aliphatic hydroxyl groups is 1. The van der Waals surface area contributed by atoms with Crippen LogP contribution in [0.2, 0.25) is 0 Å². The number of hydrogen-bond donors (Lipinski definition) is 2. The molecule has 0 spiro atoms. The third-order valence-electron chi connectivity index (χ3n) is 3.31. The average Bonchev–Trinajstić information content (AvgIpc) is 2.42. The zero-order valence-electron chi connectivity index (χ0n) is 11.9. The fourth-order valence-corrected chi connectivity index (χ4v) is 1.77. The number of nitro groups is 1. The highest BCUT2D eigenvalue weighted by Gasteiger charge is 2.16. The molecule has 0 aromatic heterocycles. The average molecular weight is 280 g/mol. The van der Waals surface area contributed by atoms with Gasteiger partial charge in [-0.15, -0.1) is 0 Å². The number of aryl methyl sites for hydroxylation is 1. The molecule has 1 amide bonds. The highest BCUT2D eigenvalue weighted by atomic mass is 16.6. The fraction of sp³-hybridized carbons (Fsp3) is 0.500. The van der Waals surface area contributed by atoms with E-state index in [1.807, 2.05) is 13.8 Å². The highest BCUT2D eigenvalue weighted by molar-refractivity contribution is 5.95. The van der Waals surface area contributed by atoms with Gasteiger partial charge in [0.2, 0.25) is 0 Å². The highest BCUT2D eigenvalue weighted by Crippen LogP contribution is 2.16. The van der Waals surface area contributed by atoms with Crippen molar-refractivity contribution in [3.8, 4) is 0 Å². The van der Waals surface area contributed by atoms with Crippen molar-refractivity contribution >= 4 is 11.6 Å². The number of aliphatic hydroxyl groups excluding tert-OH is 1. The maximum atomic E-state index is 11.9. The summed E-state index contributed by atoms with van der Waals surface area (Å²) in [6.07, 6.45) is 0.191. The molecule has 0 aliphatic carbocycles. The zero-order chi connectivity index (χ0) is 15.3. The predicted octanol–water partition coefficient (Wildman–Crippen LogP) is 2.04. The standard InChI is InChI=1S/C14H20N2O4/c1-4-10(3)13(17)8-15-14(18)11-5-9(2)6-12(7-11)16(19)20/h5-7,10,13,17H,4,8H2,1-3H3,(H,15,18). The van der Waals surface area contributed by atoms with E-state index in [1.54, 1.807) is 13.0 Å². The maximum Gasteiger partial charge on any atom is 0.270 e. The van der Waals surface area contributed by atoms with Crippen LogP contribution in [0.4, 0.5) is 5.69 Å². The summed E-state index contributed by atoms with van der Waals surface area (Å²) in [6, 6.07) is 4.22. The number of amides is 1. The van der Waals surface area contributed by atoms with Gasteiger partial charge in [0.1, 0.15) is 0 Å². The number of rotatable bonds is 6. The molecule has 0 radical (unpaired) electrons. The SMILES string of the molecule is CCC(C)C(O)CNC(=O)c1cc(C)cc([N+](=O)[O-])c1. The Morgan fingerprint density at radius 1 is 1.45 bits per heavy atom. The largest absolute Gasteiger partial charge is 0.391 e. The first kappa shape index (κ1) is 16.1. The molecule has 2 N–H and O–H groups in total. The summed E-state index contributed by atoms with van der Waals surface area (Å²) in [7, 11) is 0. The molecule has 0 aliphatic heterocycles. The Balaban J connectivity index is 2.75. The molecule has 0 aliphatic rings. The van der Waals surface area contributed by atoms with Gasteiger partial charge in [-0.2, -0.15) is 0 Å². The van der Waals surface area contributed by atoms with Crippen molar-refractivity contribution < 1.29 is 14.8 Å². The molecule has 0 heterocycles. The molecule has 1 aromatic rings. The van der Waals surface area contributed by atoms with E-state index in [4.69, 9.17) is 0 Å². The Hall–Kier alpha value is -1.95. The Morgan fingerprint density at radius 3 is 2.65 bits per heavy atom. The molecule has 20 heavy (non-hydrogen) atoms. The summed E-state index contributed by atoms with van der Waals surface area (Å²) in [5.41, 5.74) is 0.762. The van der Waals surface area contributed by atoms with Gasteiger partial charge >= 0.3 is 0 Å². The van der Waals surface area contributed by atoms with Gasteiger partial charge in [-0.25, -0.2) is 0 Å². The van der Waals surface area contributed by atoms with Crippen LogP contribution in [0.1, 0.15) is 36.2 Å². The minimum absolute atomic E-state index is 0.0853. The first-order valence-electron chi connectivity index (χ1n) is 6.57. The van der Waals surface area contributed by atoms with Gasteiger partial charge in [-0.05, 0) is 24.5 Å². The van der Waals surface area contributed by atoms with Crippen molar-refractivity contribution in [3.63, 3.8) is 0 Å². The molecule has 1 aromatic carbocycles. The fourth-order valence-electron chi connectivity index (χ4n) is 1.77. The number of nitro benzene ring substituents is 1. The normalized spacial score (nSPS) is 13.6. The second kappa shape index (κ2) is 7.00. The molecule has 0 saturated carbocycles. The van der Waals surface area contributed by atoms with Gasteiger partial charge in [0.05, 0.1) is 11.0 Å². The molecule has 0 saturated heterocycles. The van der Waals surface area contributed by atoms with Gasteiger partial charge in [-0.3, -0.25) is 14.9 Å². The summed E-state index contributed by atoms with van der Waals surface area (Å²) in [6.45, 7) is 5.68. The Labute approximate surface area is 118 Å². The van der Waals surface area contributed by atoms with Crippen LogP contribution in [0.15, 0.2) is 18.2 Å². The van der Waals surface area contributed by atoms with Crippen molar-refractivity contribution in [3.05, 3.63) is 39.4 Å². The van der Waals surface area contributed by atoms with Crippen LogP contribution in [0, 0.1) is 23.0 Å². The van der Waals surface area contributed by atoms with Crippen LogP contribution in [0.3, 0.4) is 0 Å². The van der Waals surface area contributed by atoms with E-state index >= 15 is 0 Å². The zero-order valence-corrected chi connectivity index (χ0v) is 11.9. The van der Waals surface area contributed by atoms with Crippen LogP contribution in [0.5, 0.6) is 0 Å². The summed E-state index contributed by atoms with van der Waals surface area (Å²) < 4.78 is 0. The quantitative estimate of drug-likeness (QED) is 0.616. The van der Waals surface area contributed by atoms with E-state index in [9.17, 15) is 20.0 Å².